The quantitative estimate of drug-likeness (QED) is 0.557. The number of hydrogen-bond donors (Lipinski definition) is 2. The molecule has 1 amide bonds. The van der Waals surface area contributed by atoms with Crippen LogP contribution in [-0.2, 0) is 16.6 Å². The predicted molar refractivity (Wildman–Crippen MR) is 110 cm³/mol. The highest BCUT2D eigenvalue weighted by Crippen LogP contribution is 2.24. The normalized spacial score (nSPS) is 11.1. The number of carbonyl (C=O) groups excluding carboxylic acids is 1. The van der Waals surface area contributed by atoms with E-state index in [0.29, 0.717) is 23.8 Å². The van der Waals surface area contributed by atoms with E-state index < -0.39 is 15.9 Å². The van der Waals surface area contributed by atoms with Crippen LogP contribution in [0.1, 0.15) is 23.0 Å². The average molecular weight is 435 g/mol. The second-order valence-electron chi connectivity index (χ2n) is 5.97. The van der Waals surface area contributed by atoms with Crippen molar-refractivity contribution in [2.24, 2.45) is 0 Å². The number of anilines is 1. The van der Waals surface area contributed by atoms with E-state index in [0.717, 1.165) is 0 Å². The fraction of sp³-hybridized carbons (Fsp3) is 0.150. The number of benzene rings is 2. The molecule has 0 radical (unpaired) electrons. The second-order valence-corrected chi connectivity index (χ2v) is 8.06. The van der Waals surface area contributed by atoms with Crippen molar-refractivity contribution in [3.05, 3.63) is 77.2 Å². The smallest absolute Gasteiger partial charge is 0.261 e. The van der Waals surface area contributed by atoms with Crippen molar-refractivity contribution in [3.8, 4) is 5.75 Å². The minimum Gasteiger partial charge on any atom is -0.494 e. The third kappa shape index (κ3) is 5.30. The van der Waals surface area contributed by atoms with Gasteiger partial charge in [0.15, 0.2) is 0 Å². The van der Waals surface area contributed by atoms with Crippen LogP contribution in [0.2, 0.25) is 5.02 Å². The first-order chi connectivity index (χ1) is 13.9. The number of furan rings is 1. The molecule has 9 heteroatoms. The van der Waals surface area contributed by atoms with Gasteiger partial charge in [0.25, 0.3) is 15.9 Å². The maximum Gasteiger partial charge on any atom is 0.261 e. The second kappa shape index (κ2) is 9.02. The topological polar surface area (TPSA) is 97.6 Å². The lowest BCUT2D eigenvalue weighted by atomic mass is 10.2. The number of hydrogen-bond acceptors (Lipinski definition) is 5. The Hall–Kier alpha value is -2.97. The average Bonchev–Trinajstić information content (AvgIpc) is 3.21. The summed E-state index contributed by atoms with van der Waals surface area (Å²) >= 11 is 6.10. The molecule has 3 aromatic rings. The summed E-state index contributed by atoms with van der Waals surface area (Å²) in [6, 6.07) is 13.9. The van der Waals surface area contributed by atoms with Crippen molar-refractivity contribution >= 4 is 33.2 Å². The number of nitrogens with one attached hydrogen (secondary N) is 2. The summed E-state index contributed by atoms with van der Waals surface area (Å²) < 4.78 is 38.4. The lowest BCUT2D eigenvalue weighted by Gasteiger charge is -2.11. The van der Waals surface area contributed by atoms with Gasteiger partial charge in [-0.15, -0.1) is 0 Å². The number of carbonyl (C=O) groups is 1. The zero-order valence-corrected chi connectivity index (χ0v) is 17.1. The largest absolute Gasteiger partial charge is 0.494 e. The van der Waals surface area contributed by atoms with E-state index in [1.807, 2.05) is 6.92 Å². The van der Waals surface area contributed by atoms with Gasteiger partial charge in [0, 0.05) is 5.69 Å². The molecule has 0 atom stereocenters. The minimum atomic E-state index is -3.92. The Labute approximate surface area is 173 Å². The van der Waals surface area contributed by atoms with Gasteiger partial charge in [-0.25, -0.2) is 8.42 Å². The van der Waals surface area contributed by atoms with Gasteiger partial charge in [-0.05, 0) is 61.5 Å². The zero-order chi connectivity index (χ0) is 20.9. The van der Waals surface area contributed by atoms with E-state index in [2.05, 4.69) is 10.0 Å². The summed E-state index contributed by atoms with van der Waals surface area (Å²) in [4.78, 5) is 12.3. The molecule has 0 aliphatic rings. The number of amides is 1. The van der Waals surface area contributed by atoms with E-state index in [1.165, 1.54) is 24.5 Å². The predicted octanol–water partition coefficient (Wildman–Crippen LogP) is 4.06. The molecule has 1 heterocycles. The monoisotopic (exact) mass is 434 g/mol. The van der Waals surface area contributed by atoms with Crippen molar-refractivity contribution in [3.63, 3.8) is 0 Å². The molecule has 0 saturated carbocycles. The summed E-state index contributed by atoms with van der Waals surface area (Å²) in [5.74, 6) is 0.692. The van der Waals surface area contributed by atoms with Gasteiger partial charge in [-0.2, -0.15) is 0 Å². The Morgan fingerprint density at radius 3 is 2.55 bits per heavy atom. The van der Waals surface area contributed by atoms with E-state index in [9.17, 15) is 13.2 Å². The Morgan fingerprint density at radius 2 is 1.90 bits per heavy atom. The standard InChI is InChI=1S/C20H19ClN2O5S/c1-2-27-15-7-5-14(6-8-15)23-29(25,26)17-9-10-19(21)18(12-17)20(24)22-13-16-4-3-11-28-16/h3-12,23H,2,13H2,1H3,(H,22,24). The van der Waals surface area contributed by atoms with Crippen LogP contribution in [-0.4, -0.2) is 20.9 Å². The van der Waals surface area contributed by atoms with Gasteiger partial charge >= 0.3 is 0 Å². The molecule has 152 valence electrons. The molecule has 0 unspecified atom stereocenters. The first-order valence-corrected chi connectivity index (χ1v) is 10.6. The molecular formula is C20H19ClN2O5S. The maximum atomic E-state index is 12.7. The van der Waals surface area contributed by atoms with Gasteiger partial charge in [0.05, 0.1) is 34.9 Å². The van der Waals surface area contributed by atoms with Crippen LogP contribution in [0.25, 0.3) is 0 Å². The van der Waals surface area contributed by atoms with E-state index in [1.54, 1.807) is 36.4 Å². The van der Waals surface area contributed by atoms with Crippen LogP contribution in [0.4, 0.5) is 5.69 Å². The summed E-state index contributed by atoms with van der Waals surface area (Å²) in [5.41, 5.74) is 0.417. The SMILES string of the molecule is CCOc1ccc(NS(=O)(=O)c2ccc(Cl)c(C(=O)NCc3ccco3)c2)cc1. The number of sulfonamides is 1. The van der Waals surface area contributed by atoms with Crippen molar-refractivity contribution in [2.75, 3.05) is 11.3 Å². The molecule has 3 rings (SSSR count). The van der Waals surface area contributed by atoms with Gasteiger partial charge < -0.3 is 14.5 Å². The molecule has 0 spiro atoms. The Balaban J connectivity index is 1.76. The molecule has 0 fully saturated rings. The van der Waals surface area contributed by atoms with Crippen molar-refractivity contribution in [2.45, 2.75) is 18.4 Å². The van der Waals surface area contributed by atoms with E-state index in [-0.39, 0.29) is 22.0 Å². The molecule has 0 aliphatic carbocycles. The van der Waals surface area contributed by atoms with Gasteiger partial charge in [-0.1, -0.05) is 11.6 Å². The van der Waals surface area contributed by atoms with Crippen molar-refractivity contribution in [1.82, 2.24) is 5.32 Å². The Bertz CT molecular complexity index is 1080. The van der Waals surface area contributed by atoms with Crippen molar-refractivity contribution in [1.29, 1.82) is 0 Å². The first kappa shape index (κ1) is 20.8. The van der Waals surface area contributed by atoms with Gasteiger partial charge in [0.2, 0.25) is 0 Å². The third-order valence-electron chi connectivity index (χ3n) is 3.91. The van der Waals surface area contributed by atoms with Gasteiger partial charge in [0.1, 0.15) is 11.5 Å². The number of halogens is 1. The maximum absolute atomic E-state index is 12.7. The molecule has 0 aliphatic heterocycles. The van der Waals surface area contributed by atoms with Crippen LogP contribution < -0.4 is 14.8 Å². The summed E-state index contributed by atoms with van der Waals surface area (Å²) in [7, 11) is -3.92. The van der Waals surface area contributed by atoms with Crippen molar-refractivity contribution < 1.29 is 22.4 Å². The molecule has 0 bridgehead atoms. The highest BCUT2D eigenvalue weighted by atomic mass is 35.5. The zero-order valence-electron chi connectivity index (χ0n) is 15.5. The number of rotatable bonds is 8. The van der Waals surface area contributed by atoms with Crippen LogP contribution in [0, 0.1) is 0 Å². The molecule has 2 N–H and O–H groups in total. The highest BCUT2D eigenvalue weighted by molar-refractivity contribution is 7.92. The van der Waals surface area contributed by atoms with Crippen LogP contribution in [0.3, 0.4) is 0 Å². The summed E-state index contributed by atoms with van der Waals surface area (Å²) in [5, 5.41) is 2.78. The van der Waals surface area contributed by atoms with Crippen LogP contribution >= 0.6 is 11.6 Å². The molecule has 29 heavy (non-hydrogen) atoms. The van der Waals surface area contributed by atoms with Gasteiger partial charge in [-0.3, -0.25) is 9.52 Å². The Kier molecular flexibility index (Phi) is 6.46. The molecule has 7 nitrogen and oxygen atoms in total. The summed E-state index contributed by atoms with van der Waals surface area (Å²) in [6.45, 7) is 2.53. The number of ether oxygens (including phenoxy) is 1. The molecule has 1 aromatic heterocycles. The lowest BCUT2D eigenvalue weighted by molar-refractivity contribution is 0.0948. The lowest BCUT2D eigenvalue weighted by Crippen LogP contribution is -2.23. The van der Waals surface area contributed by atoms with E-state index in [4.69, 9.17) is 20.8 Å². The summed E-state index contributed by atoms with van der Waals surface area (Å²) in [6.07, 6.45) is 1.49. The fourth-order valence-corrected chi connectivity index (χ4v) is 3.81. The Morgan fingerprint density at radius 1 is 1.14 bits per heavy atom. The fourth-order valence-electron chi connectivity index (χ4n) is 2.52. The minimum absolute atomic E-state index is 0.0489. The molecular weight excluding hydrogens is 416 g/mol. The van der Waals surface area contributed by atoms with Crippen LogP contribution in [0.15, 0.2) is 70.2 Å². The third-order valence-corrected chi connectivity index (χ3v) is 5.62. The molecule has 0 saturated heterocycles. The highest BCUT2D eigenvalue weighted by Gasteiger charge is 2.19. The molecule has 2 aromatic carbocycles. The first-order valence-electron chi connectivity index (χ1n) is 8.75. The van der Waals surface area contributed by atoms with E-state index >= 15 is 0 Å². The van der Waals surface area contributed by atoms with Crippen LogP contribution in [0.5, 0.6) is 5.75 Å².